The first-order valence-corrected chi connectivity index (χ1v) is 6.20. The molecule has 0 aromatic heterocycles. The Hall–Kier alpha value is -0.390. The Kier molecular flexibility index (Phi) is 6.68. The van der Waals surface area contributed by atoms with Gasteiger partial charge in [0.25, 0.3) is 0 Å². The minimum absolute atomic E-state index is 0.612. The molecule has 1 atom stereocenters. The van der Waals surface area contributed by atoms with Crippen molar-refractivity contribution in [1.82, 2.24) is 10.2 Å². The molecule has 0 saturated carbocycles. The molecule has 1 fully saturated rings. The second kappa shape index (κ2) is 7.81. The van der Waals surface area contributed by atoms with Crippen LogP contribution < -0.4 is 5.32 Å². The van der Waals surface area contributed by atoms with Gasteiger partial charge >= 0.3 is 0 Å². The zero-order chi connectivity index (χ0) is 11.8. The molecule has 1 N–H and O–H groups in total. The fraction of sp³-hybridized carbons (Fsp3) is 0.909. The molecule has 1 saturated heterocycles. The predicted molar refractivity (Wildman–Crippen MR) is 68.6 cm³/mol. The highest BCUT2D eigenvalue weighted by Gasteiger charge is 2.16. The molecule has 0 spiro atoms. The number of hydrogen-bond acceptors (Lipinski definition) is 3. The van der Waals surface area contributed by atoms with Crippen LogP contribution in [0.25, 0.3) is 0 Å². The maximum Gasteiger partial charge on any atom is 0.168 e. The van der Waals surface area contributed by atoms with Crippen molar-refractivity contribution in [1.29, 1.82) is 0 Å². The first-order chi connectivity index (χ1) is 7.74. The molecule has 94 valence electrons. The van der Waals surface area contributed by atoms with Gasteiger partial charge in [0, 0.05) is 33.9 Å². The fourth-order valence-electron chi connectivity index (χ4n) is 1.82. The van der Waals surface area contributed by atoms with Crippen molar-refractivity contribution in [2.45, 2.75) is 12.8 Å². The zero-order valence-corrected chi connectivity index (χ0v) is 11.0. The van der Waals surface area contributed by atoms with E-state index < -0.39 is 0 Å². The van der Waals surface area contributed by atoms with Crippen LogP contribution in [0.5, 0.6) is 0 Å². The maximum atomic E-state index is 5.45. The summed E-state index contributed by atoms with van der Waals surface area (Å²) in [6.07, 6.45) is 2.41. The van der Waals surface area contributed by atoms with E-state index in [0.717, 1.165) is 31.4 Å². The monoisotopic (exact) mass is 246 g/mol. The van der Waals surface area contributed by atoms with Crippen molar-refractivity contribution in [3.63, 3.8) is 0 Å². The first-order valence-electron chi connectivity index (χ1n) is 5.79. The highest BCUT2D eigenvalue weighted by molar-refractivity contribution is 7.80. The van der Waals surface area contributed by atoms with Crippen LogP contribution in [0.1, 0.15) is 12.8 Å². The third-order valence-electron chi connectivity index (χ3n) is 2.72. The molecule has 1 heterocycles. The Bertz CT molecular complexity index is 208. The van der Waals surface area contributed by atoms with Crippen molar-refractivity contribution in [2.75, 3.05) is 47.1 Å². The molecule has 0 radical (unpaired) electrons. The van der Waals surface area contributed by atoms with Crippen molar-refractivity contribution in [2.24, 2.45) is 5.92 Å². The number of thiocarbonyl (C=S) groups is 1. The summed E-state index contributed by atoms with van der Waals surface area (Å²) in [6.45, 7) is 4.20. The van der Waals surface area contributed by atoms with E-state index in [1.165, 1.54) is 12.8 Å². The third-order valence-corrected chi connectivity index (χ3v) is 3.17. The summed E-state index contributed by atoms with van der Waals surface area (Å²) < 4.78 is 10.4. The molecule has 1 unspecified atom stereocenters. The predicted octanol–water partition coefficient (Wildman–Crippen LogP) is 0.866. The van der Waals surface area contributed by atoms with Crippen LogP contribution in [-0.2, 0) is 9.47 Å². The summed E-state index contributed by atoms with van der Waals surface area (Å²) in [5.74, 6) is 0.612. The summed E-state index contributed by atoms with van der Waals surface area (Å²) in [5.41, 5.74) is 0. The SMILES string of the molecule is COCCNC(=S)N(C)CC1CCCOC1. The van der Waals surface area contributed by atoms with Gasteiger partial charge in [0.15, 0.2) is 5.11 Å². The van der Waals surface area contributed by atoms with Gasteiger partial charge in [-0.05, 0) is 31.0 Å². The maximum absolute atomic E-state index is 5.45. The lowest BCUT2D eigenvalue weighted by Gasteiger charge is -2.28. The van der Waals surface area contributed by atoms with E-state index in [9.17, 15) is 0 Å². The summed E-state index contributed by atoms with van der Waals surface area (Å²) >= 11 is 5.28. The molecule has 0 aromatic carbocycles. The standard InChI is InChI=1S/C11H22N2O2S/c1-13(11(16)12-5-7-14-2)8-10-4-3-6-15-9-10/h10H,3-9H2,1-2H3,(H,12,16). The van der Waals surface area contributed by atoms with Gasteiger partial charge in [-0.3, -0.25) is 0 Å². The van der Waals surface area contributed by atoms with Gasteiger partial charge in [-0.25, -0.2) is 0 Å². The van der Waals surface area contributed by atoms with Crippen LogP contribution in [0.15, 0.2) is 0 Å². The van der Waals surface area contributed by atoms with Gasteiger partial charge in [0.1, 0.15) is 0 Å². The molecular weight excluding hydrogens is 224 g/mol. The molecular formula is C11H22N2O2S. The highest BCUT2D eigenvalue weighted by atomic mass is 32.1. The van der Waals surface area contributed by atoms with E-state index in [2.05, 4.69) is 10.2 Å². The Morgan fingerprint density at radius 2 is 2.44 bits per heavy atom. The van der Waals surface area contributed by atoms with Crippen molar-refractivity contribution < 1.29 is 9.47 Å². The van der Waals surface area contributed by atoms with Gasteiger partial charge in [-0.15, -0.1) is 0 Å². The molecule has 0 amide bonds. The van der Waals surface area contributed by atoms with Gasteiger partial charge < -0.3 is 19.7 Å². The normalized spacial score (nSPS) is 20.5. The van der Waals surface area contributed by atoms with Crippen LogP contribution >= 0.6 is 12.2 Å². The fourth-order valence-corrected chi connectivity index (χ4v) is 1.99. The van der Waals surface area contributed by atoms with Gasteiger partial charge in [-0.1, -0.05) is 0 Å². The lowest BCUT2D eigenvalue weighted by Crippen LogP contribution is -2.42. The van der Waals surface area contributed by atoms with Gasteiger partial charge in [-0.2, -0.15) is 0 Å². The number of ether oxygens (including phenoxy) is 2. The van der Waals surface area contributed by atoms with E-state index in [4.69, 9.17) is 21.7 Å². The van der Waals surface area contributed by atoms with E-state index in [1.807, 2.05) is 7.05 Å². The van der Waals surface area contributed by atoms with Crippen molar-refractivity contribution in [3.8, 4) is 0 Å². The molecule has 16 heavy (non-hydrogen) atoms. The lowest BCUT2D eigenvalue weighted by atomic mass is 10.0. The van der Waals surface area contributed by atoms with Crippen molar-refractivity contribution >= 4 is 17.3 Å². The van der Waals surface area contributed by atoms with Crippen LogP contribution in [0.4, 0.5) is 0 Å². The number of nitrogens with one attached hydrogen (secondary N) is 1. The number of methoxy groups -OCH3 is 1. The summed E-state index contributed by atoms with van der Waals surface area (Å²) in [4.78, 5) is 2.09. The van der Waals surface area contributed by atoms with Crippen LogP contribution in [0.3, 0.4) is 0 Å². The summed E-state index contributed by atoms with van der Waals surface area (Å²) in [6, 6.07) is 0. The molecule has 4 nitrogen and oxygen atoms in total. The molecule has 1 rings (SSSR count). The topological polar surface area (TPSA) is 33.7 Å². The molecule has 0 aliphatic carbocycles. The number of hydrogen-bond donors (Lipinski definition) is 1. The number of nitrogens with zero attached hydrogens (tertiary/aromatic N) is 1. The number of rotatable bonds is 5. The van der Waals surface area contributed by atoms with Crippen LogP contribution in [0, 0.1) is 5.92 Å². The van der Waals surface area contributed by atoms with Crippen molar-refractivity contribution in [3.05, 3.63) is 0 Å². The van der Waals surface area contributed by atoms with E-state index >= 15 is 0 Å². The smallest absolute Gasteiger partial charge is 0.168 e. The minimum Gasteiger partial charge on any atom is -0.383 e. The summed E-state index contributed by atoms with van der Waals surface area (Å²) in [5, 5.41) is 3.96. The van der Waals surface area contributed by atoms with E-state index in [-0.39, 0.29) is 0 Å². The van der Waals surface area contributed by atoms with E-state index in [1.54, 1.807) is 7.11 Å². The lowest BCUT2D eigenvalue weighted by molar-refractivity contribution is 0.0484. The Morgan fingerprint density at radius 3 is 3.06 bits per heavy atom. The Morgan fingerprint density at radius 1 is 1.62 bits per heavy atom. The van der Waals surface area contributed by atoms with Gasteiger partial charge in [0.2, 0.25) is 0 Å². The van der Waals surface area contributed by atoms with E-state index in [0.29, 0.717) is 12.5 Å². The molecule has 5 heteroatoms. The second-order valence-electron chi connectivity index (χ2n) is 4.19. The largest absolute Gasteiger partial charge is 0.383 e. The molecule has 0 aromatic rings. The average molecular weight is 246 g/mol. The molecule has 0 bridgehead atoms. The molecule has 1 aliphatic rings. The second-order valence-corrected chi connectivity index (χ2v) is 4.58. The zero-order valence-electron chi connectivity index (χ0n) is 10.2. The van der Waals surface area contributed by atoms with Gasteiger partial charge in [0.05, 0.1) is 13.2 Å². The van der Waals surface area contributed by atoms with Crippen LogP contribution in [0.2, 0.25) is 0 Å². The Labute approximate surface area is 103 Å². The average Bonchev–Trinajstić information content (AvgIpc) is 2.30. The quantitative estimate of drug-likeness (QED) is 0.575. The third kappa shape index (κ3) is 5.09. The van der Waals surface area contributed by atoms with Crippen LogP contribution in [-0.4, -0.2) is 57.1 Å². The highest BCUT2D eigenvalue weighted by Crippen LogP contribution is 2.14. The molecule has 1 aliphatic heterocycles. The minimum atomic E-state index is 0.612. The first kappa shape index (κ1) is 13.7. The summed E-state index contributed by atoms with van der Waals surface area (Å²) in [7, 11) is 3.71. The Balaban J connectivity index is 2.16.